The number of carbonyl (C=O) groups excluding carboxylic acids is 1. The summed E-state index contributed by atoms with van der Waals surface area (Å²) in [6.07, 6.45) is 4.82. The molecule has 0 aliphatic heterocycles. The molecule has 98 valence electrons. The Morgan fingerprint density at radius 1 is 1.21 bits per heavy atom. The molecular weight excluding hydrogens is 264 g/mol. The van der Waals surface area contributed by atoms with Crippen LogP contribution in [0, 0.1) is 0 Å². The molecule has 6 heteroatoms. The highest BCUT2D eigenvalue weighted by molar-refractivity contribution is 6.33. The molecule has 0 bridgehead atoms. The molecule has 0 saturated carbocycles. The van der Waals surface area contributed by atoms with Gasteiger partial charge in [0.1, 0.15) is 5.82 Å². The molecule has 0 fully saturated rings. The van der Waals surface area contributed by atoms with E-state index in [0.717, 1.165) is 0 Å². The molecule has 1 heterocycles. The van der Waals surface area contributed by atoms with Crippen LogP contribution < -0.4 is 10.6 Å². The van der Waals surface area contributed by atoms with Crippen LogP contribution in [0.25, 0.3) is 0 Å². The SMILES string of the molecule is O=C(NCCNc1cnccn1)c1ccccc1Cl. The van der Waals surface area contributed by atoms with Crippen LogP contribution in [0.1, 0.15) is 10.4 Å². The summed E-state index contributed by atoms with van der Waals surface area (Å²) in [5.74, 6) is 0.487. The second-order valence-corrected chi connectivity index (χ2v) is 4.16. The summed E-state index contributed by atoms with van der Waals surface area (Å²) < 4.78 is 0. The fourth-order valence-corrected chi connectivity index (χ4v) is 1.72. The van der Waals surface area contributed by atoms with Crippen molar-refractivity contribution >= 4 is 23.3 Å². The molecule has 0 aliphatic carbocycles. The quantitative estimate of drug-likeness (QED) is 0.820. The first-order valence-electron chi connectivity index (χ1n) is 5.80. The van der Waals surface area contributed by atoms with Crippen molar-refractivity contribution in [3.63, 3.8) is 0 Å². The number of hydrogen-bond donors (Lipinski definition) is 2. The lowest BCUT2D eigenvalue weighted by Gasteiger charge is -2.07. The minimum absolute atomic E-state index is 0.188. The average molecular weight is 277 g/mol. The molecule has 1 aromatic carbocycles. The Hall–Kier alpha value is -2.14. The molecule has 0 saturated heterocycles. The van der Waals surface area contributed by atoms with Gasteiger partial charge in [-0.05, 0) is 12.1 Å². The first-order valence-corrected chi connectivity index (χ1v) is 6.18. The summed E-state index contributed by atoms with van der Waals surface area (Å²) in [5.41, 5.74) is 0.476. The van der Waals surface area contributed by atoms with Gasteiger partial charge in [-0.25, -0.2) is 4.98 Å². The van der Waals surface area contributed by atoms with Gasteiger partial charge in [0.05, 0.1) is 16.8 Å². The maximum atomic E-state index is 11.8. The van der Waals surface area contributed by atoms with E-state index in [-0.39, 0.29) is 5.91 Å². The Morgan fingerprint density at radius 3 is 2.79 bits per heavy atom. The predicted octanol–water partition coefficient (Wildman–Crippen LogP) is 1.97. The zero-order valence-corrected chi connectivity index (χ0v) is 10.9. The minimum atomic E-state index is -0.188. The first kappa shape index (κ1) is 13.3. The van der Waals surface area contributed by atoms with Crippen LogP contribution in [-0.4, -0.2) is 29.0 Å². The van der Waals surface area contributed by atoms with Gasteiger partial charge in [0, 0.05) is 25.5 Å². The van der Waals surface area contributed by atoms with E-state index >= 15 is 0 Å². The average Bonchev–Trinajstić information content (AvgIpc) is 2.45. The number of aromatic nitrogens is 2. The van der Waals surface area contributed by atoms with E-state index in [0.29, 0.717) is 29.5 Å². The number of rotatable bonds is 5. The smallest absolute Gasteiger partial charge is 0.252 e. The molecule has 0 atom stereocenters. The second kappa shape index (κ2) is 6.70. The number of nitrogens with zero attached hydrogens (tertiary/aromatic N) is 2. The fourth-order valence-electron chi connectivity index (χ4n) is 1.50. The monoisotopic (exact) mass is 276 g/mol. The highest BCUT2D eigenvalue weighted by Gasteiger charge is 2.07. The van der Waals surface area contributed by atoms with Crippen molar-refractivity contribution in [3.05, 3.63) is 53.4 Å². The van der Waals surface area contributed by atoms with Gasteiger partial charge in [-0.2, -0.15) is 0 Å². The number of halogens is 1. The predicted molar refractivity (Wildman–Crippen MR) is 74.3 cm³/mol. The molecule has 1 amide bonds. The van der Waals surface area contributed by atoms with Crippen LogP contribution in [0.5, 0.6) is 0 Å². The van der Waals surface area contributed by atoms with Crippen molar-refractivity contribution in [1.82, 2.24) is 15.3 Å². The Balaban J connectivity index is 1.77. The highest BCUT2D eigenvalue weighted by atomic mass is 35.5. The van der Waals surface area contributed by atoms with Gasteiger partial charge in [0.25, 0.3) is 5.91 Å². The van der Waals surface area contributed by atoms with Gasteiger partial charge in [-0.3, -0.25) is 9.78 Å². The molecule has 19 heavy (non-hydrogen) atoms. The molecule has 0 unspecified atom stereocenters. The van der Waals surface area contributed by atoms with Crippen molar-refractivity contribution in [1.29, 1.82) is 0 Å². The molecule has 0 aliphatic rings. The number of anilines is 1. The van der Waals surface area contributed by atoms with Crippen molar-refractivity contribution in [2.45, 2.75) is 0 Å². The largest absolute Gasteiger partial charge is 0.367 e. The molecule has 2 rings (SSSR count). The summed E-state index contributed by atoms with van der Waals surface area (Å²) >= 11 is 5.93. The zero-order chi connectivity index (χ0) is 13.5. The van der Waals surface area contributed by atoms with Gasteiger partial charge in [-0.1, -0.05) is 23.7 Å². The lowest BCUT2D eigenvalue weighted by molar-refractivity contribution is 0.0955. The zero-order valence-electron chi connectivity index (χ0n) is 10.1. The minimum Gasteiger partial charge on any atom is -0.367 e. The van der Waals surface area contributed by atoms with Gasteiger partial charge in [-0.15, -0.1) is 0 Å². The Bertz CT molecular complexity index is 547. The number of carbonyl (C=O) groups is 1. The van der Waals surface area contributed by atoms with Gasteiger partial charge >= 0.3 is 0 Å². The van der Waals surface area contributed by atoms with E-state index in [2.05, 4.69) is 20.6 Å². The van der Waals surface area contributed by atoms with Crippen LogP contribution in [-0.2, 0) is 0 Å². The number of amides is 1. The molecule has 2 N–H and O–H groups in total. The topological polar surface area (TPSA) is 66.9 Å². The van der Waals surface area contributed by atoms with Crippen LogP contribution in [0.2, 0.25) is 5.02 Å². The summed E-state index contributed by atoms with van der Waals surface area (Å²) in [6.45, 7) is 1.04. The van der Waals surface area contributed by atoms with Gasteiger partial charge in [0.2, 0.25) is 0 Å². The Labute approximate surface area is 116 Å². The van der Waals surface area contributed by atoms with E-state index in [1.165, 1.54) is 0 Å². The summed E-state index contributed by atoms with van der Waals surface area (Å²) in [5, 5.41) is 6.27. The third kappa shape index (κ3) is 3.93. The van der Waals surface area contributed by atoms with Gasteiger partial charge < -0.3 is 10.6 Å². The molecule has 0 spiro atoms. The molecule has 1 aromatic heterocycles. The third-order valence-corrected chi connectivity index (χ3v) is 2.73. The summed E-state index contributed by atoms with van der Waals surface area (Å²) in [7, 11) is 0. The normalized spacial score (nSPS) is 9.95. The van der Waals surface area contributed by atoms with Crippen molar-refractivity contribution < 1.29 is 4.79 Å². The van der Waals surface area contributed by atoms with Gasteiger partial charge in [0.15, 0.2) is 0 Å². The van der Waals surface area contributed by atoms with Crippen LogP contribution in [0.3, 0.4) is 0 Å². The van der Waals surface area contributed by atoms with E-state index in [1.807, 2.05) is 0 Å². The molecule has 2 aromatic rings. The number of hydrogen-bond acceptors (Lipinski definition) is 4. The molecule has 0 radical (unpaired) electrons. The van der Waals surface area contributed by atoms with Crippen LogP contribution in [0.15, 0.2) is 42.9 Å². The van der Waals surface area contributed by atoms with Crippen molar-refractivity contribution in [2.75, 3.05) is 18.4 Å². The first-order chi connectivity index (χ1) is 9.27. The Kier molecular flexibility index (Phi) is 4.69. The molecular formula is C13H13ClN4O. The second-order valence-electron chi connectivity index (χ2n) is 3.75. The molecule has 5 nitrogen and oxygen atoms in total. The maximum Gasteiger partial charge on any atom is 0.252 e. The van der Waals surface area contributed by atoms with E-state index in [4.69, 9.17) is 11.6 Å². The summed E-state index contributed by atoms with van der Waals surface area (Å²) in [6, 6.07) is 6.94. The standard InChI is InChI=1S/C13H13ClN4O/c14-11-4-2-1-3-10(11)13(19)18-8-7-17-12-9-15-5-6-16-12/h1-6,9H,7-8H2,(H,16,17)(H,18,19). The maximum absolute atomic E-state index is 11.8. The highest BCUT2D eigenvalue weighted by Crippen LogP contribution is 2.14. The van der Waals surface area contributed by atoms with E-state index in [9.17, 15) is 4.79 Å². The third-order valence-electron chi connectivity index (χ3n) is 2.40. The Morgan fingerprint density at radius 2 is 2.05 bits per heavy atom. The van der Waals surface area contributed by atoms with E-state index < -0.39 is 0 Å². The van der Waals surface area contributed by atoms with E-state index in [1.54, 1.807) is 42.9 Å². The van der Waals surface area contributed by atoms with Crippen molar-refractivity contribution in [2.24, 2.45) is 0 Å². The van der Waals surface area contributed by atoms with Crippen LogP contribution >= 0.6 is 11.6 Å². The lowest BCUT2D eigenvalue weighted by Crippen LogP contribution is -2.29. The summed E-state index contributed by atoms with van der Waals surface area (Å²) in [4.78, 5) is 19.8. The van der Waals surface area contributed by atoms with Crippen LogP contribution in [0.4, 0.5) is 5.82 Å². The number of benzene rings is 1. The number of nitrogens with one attached hydrogen (secondary N) is 2. The fraction of sp³-hybridized carbons (Fsp3) is 0.154. The van der Waals surface area contributed by atoms with Crippen molar-refractivity contribution in [3.8, 4) is 0 Å². The lowest BCUT2D eigenvalue weighted by atomic mass is 10.2.